The van der Waals surface area contributed by atoms with Crippen molar-refractivity contribution in [2.45, 2.75) is 43.0 Å². The predicted octanol–water partition coefficient (Wildman–Crippen LogP) is 1.83. The molecule has 1 aliphatic carbocycles. The molecule has 1 aromatic rings. The van der Waals surface area contributed by atoms with Crippen molar-refractivity contribution >= 4 is 21.7 Å². The third-order valence-corrected chi connectivity index (χ3v) is 6.32. The SMILES string of the molecule is O=C(O)c1ccc(N2CCOCC2)c(S(=O)(=O)NC2CCCCC2)c1. The first kappa shape index (κ1) is 18.2. The fourth-order valence-electron chi connectivity index (χ4n) is 3.43. The Balaban J connectivity index is 1.95. The average molecular weight is 368 g/mol. The summed E-state index contributed by atoms with van der Waals surface area (Å²) in [5.41, 5.74) is 0.512. The van der Waals surface area contributed by atoms with E-state index in [2.05, 4.69) is 4.72 Å². The van der Waals surface area contributed by atoms with E-state index in [0.717, 1.165) is 32.1 Å². The summed E-state index contributed by atoms with van der Waals surface area (Å²) < 4.78 is 34.1. The number of carbonyl (C=O) groups is 1. The summed E-state index contributed by atoms with van der Waals surface area (Å²) in [6, 6.07) is 4.22. The molecule has 1 aliphatic heterocycles. The van der Waals surface area contributed by atoms with Crippen LogP contribution in [-0.2, 0) is 14.8 Å². The van der Waals surface area contributed by atoms with Crippen LogP contribution < -0.4 is 9.62 Å². The minimum atomic E-state index is -3.79. The molecule has 0 amide bonds. The van der Waals surface area contributed by atoms with E-state index in [1.165, 1.54) is 12.1 Å². The molecule has 0 unspecified atom stereocenters. The number of morpholine rings is 1. The number of hydrogen-bond donors (Lipinski definition) is 2. The Morgan fingerprint density at radius 1 is 1.16 bits per heavy atom. The van der Waals surface area contributed by atoms with Gasteiger partial charge in [0.15, 0.2) is 0 Å². The standard InChI is InChI=1S/C17H24N2O5S/c20-17(21)13-6-7-15(19-8-10-24-11-9-19)16(12-13)25(22,23)18-14-4-2-1-3-5-14/h6-7,12,14,18H,1-5,8-11H2,(H,20,21). The van der Waals surface area contributed by atoms with Gasteiger partial charge in [0.1, 0.15) is 4.90 Å². The lowest BCUT2D eigenvalue weighted by molar-refractivity contribution is 0.0696. The van der Waals surface area contributed by atoms with Gasteiger partial charge >= 0.3 is 5.97 Å². The lowest BCUT2D eigenvalue weighted by Gasteiger charge is -2.31. The van der Waals surface area contributed by atoms with Gasteiger partial charge in [0.05, 0.1) is 24.5 Å². The van der Waals surface area contributed by atoms with Crippen LogP contribution in [0.1, 0.15) is 42.5 Å². The topological polar surface area (TPSA) is 95.9 Å². The molecular formula is C17H24N2O5S. The molecule has 0 radical (unpaired) electrons. The fourth-order valence-corrected chi connectivity index (χ4v) is 4.99. The zero-order valence-corrected chi connectivity index (χ0v) is 14.9. The maximum Gasteiger partial charge on any atom is 0.335 e. The van der Waals surface area contributed by atoms with Gasteiger partial charge in [-0.1, -0.05) is 19.3 Å². The number of rotatable bonds is 5. The van der Waals surface area contributed by atoms with E-state index in [0.29, 0.717) is 32.0 Å². The maximum absolute atomic E-state index is 13.0. The van der Waals surface area contributed by atoms with Crippen molar-refractivity contribution in [1.82, 2.24) is 4.72 Å². The molecule has 138 valence electrons. The molecule has 25 heavy (non-hydrogen) atoms. The second-order valence-electron chi connectivity index (χ2n) is 6.54. The van der Waals surface area contributed by atoms with Crippen LogP contribution in [0.3, 0.4) is 0 Å². The number of hydrogen-bond acceptors (Lipinski definition) is 5. The van der Waals surface area contributed by atoms with Gasteiger partial charge in [-0.25, -0.2) is 17.9 Å². The Bertz CT molecular complexity index is 723. The van der Waals surface area contributed by atoms with Crippen LogP contribution in [0.25, 0.3) is 0 Å². The number of benzene rings is 1. The lowest BCUT2D eigenvalue weighted by Crippen LogP contribution is -2.40. The van der Waals surface area contributed by atoms with Gasteiger partial charge in [-0.2, -0.15) is 0 Å². The molecule has 0 atom stereocenters. The van der Waals surface area contributed by atoms with Gasteiger partial charge in [0.25, 0.3) is 0 Å². The van der Waals surface area contributed by atoms with Crippen LogP contribution in [0.15, 0.2) is 23.1 Å². The highest BCUT2D eigenvalue weighted by Gasteiger charge is 2.27. The second kappa shape index (κ2) is 7.72. The first-order valence-corrected chi connectivity index (χ1v) is 10.2. The summed E-state index contributed by atoms with van der Waals surface area (Å²) in [5, 5.41) is 9.25. The van der Waals surface area contributed by atoms with Crippen LogP contribution in [-0.4, -0.2) is 51.8 Å². The molecule has 3 rings (SSSR count). The lowest BCUT2D eigenvalue weighted by atomic mass is 9.96. The zero-order valence-electron chi connectivity index (χ0n) is 14.1. The molecule has 1 aromatic carbocycles. The van der Waals surface area contributed by atoms with E-state index in [4.69, 9.17) is 4.74 Å². The summed E-state index contributed by atoms with van der Waals surface area (Å²) in [5.74, 6) is -1.14. The number of carboxylic acid groups (broad SMARTS) is 1. The number of carboxylic acids is 1. The van der Waals surface area contributed by atoms with Gasteiger partial charge in [-0.3, -0.25) is 0 Å². The van der Waals surface area contributed by atoms with Crippen LogP contribution in [0, 0.1) is 0 Å². The highest BCUT2D eigenvalue weighted by Crippen LogP contribution is 2.29. The van der Waals surface area contributed by atoms with Crippen LogP contribution >= 0.6 is 0 Å². The molecule has 2 N–H and O–H groups in total. The first-order valence-electron chi connectivity index (χ1n) is 8.70. The van der Waals surface area contributed by atoms with Crippen molar-refractivity contribution < 1.29 is 23.1 Å². The monoisotopic (exact) mass is 368 g/mol. The molecule has 0 aromatic heterocycles. The van der Waals surface area contributed by atoms with Gasteiger partial charge in [0.2, 0.25) is 10.0 Å². The van der Waals surface area contributed by atoms with E-state index in [1.807, 2.05) is 4.90 Å². The molecule has 7 nitrogen and oxygen atoms in total. The Morgan fingerprint density at radius 2 is 1.84 bits per heavy atom. The first-order chi connectivity index (χ1) is 12.0. The molecule has 0 bridgehead atoms. The van der Waals surface area contributed by atoms with E-state index >= 15 is 0 Å². The highest BCUT2D eigenvalue weighted by atomic mass is 32.2. The number of nitrogens with one attached hydrogen (secondary N) is 1. The molecule has 1 saturated heterocycles. The van der Waals surface area contributed by atoms with Crippen molar-refractivity contribution in [3.05, 3.63) is 23.8 Å². The van der Waals surface area contributed by atoms with Crippen molar-refractivity contribution in [2.75, 3.05) is 31.2 Å². The van der Waals surface area contributed by atoms with Gasteiger partial charge in [0, 0.05) is 19.1 Å². The summed E-state index contributed by atoms with van der Waals surface area (Å²) in [6.07, 6.45) is 4.80. The third kappa shape index (κ3) is 4.31. The molecule has 2 aliphatic rings. The largest absolute Gasteiger partial charge is 0.478 e. The van der Waals surface area contributed by atoms with Crippen molar-refractivity contribution in [3.8, 4) is 0 Å². The Kier molecular flexibility index (Phi) is 5.61. The van der Waals surface area contributed by atoms with Crippen LogP contribution in [0.4, 0.5) is 5.69 Å². The summed E-state index contributed by atoms with van der Waals surface area (Å²) in [6.45, 7) is 2.21. The van der Waals surface area contributed by atoms with E-state index < -0.39 is 16.0 Å². The van der Waals surface area contributed by atoms with E-state index in [-0.39, 0.29) is 16.5 Å². The molecule has 0 spiro atoms. The van der Waals surface area contributed by atoms with Crippen molar-refractivity contribution in [1.29, 1.82) is 0 Å². The second-order valence-corrected chi connectivity index (χ2v) is 8.23. The van der Waals surface area contributed by atoms with Gasteiger partial charge in [-0.15, -0.1) is 0 Å². The minimum absolute atomic E-state index is 0.0268. The number of nitrogens with zero attached hydrogens (tertiary/aromatic N) is 1. The van der Waals surface area contributed by atoms with Crippen molar-refractivity contribution in [2.24, 2.45) is 0 Å². The van der Waals surface area contributed by atoms with E-state index in [9.17, 15) is 18.3 Å². The van der Waals surface area contributed by atoms with Crippen LogP contribution in [0.2, 0.25) is 0 Å². The van der Waals surface area contributed by atoms with E-state index in [1.54, 1.807) is 6.07 Å². The Morgan fingerprint density at radius 3 is 2.48 bits per heavy atom. The number of anilines is 1. The molecule has 8 heteroatoms. The normalized spacial score (nSPS) is 19.8. The molecule has 1 saturated carbocycles. The summed E-state index contributed by atoms with van der Waals surface area (Å²) >= 11 is 0. The fraction of sp³-hybridized carbons (Fsp3) is 0.588. The Labute approximate surface area is 148 Å². The Hall–Kier alpha value is -1.64. The summed E-state index contributed by atoms with van der Waals surface area (Å²) in [4.78, 5) is 13.3. The number of aromatic carboxylic acids is 1. The van der Waals surface area contributed by atoms with Crippen molar-refractivity contribution in [3.63, 3.8) is 0 Å². The van der Waals surface area contributed by atoms with Gasteiger partial charge < -0.3 is 14.7 Å². The molecule has 2 fully saturated rings. The highest BCUT2D eigenvalue weighted by molar-refractivity contribution is 7.89. The predicted molar refractivity (Wildman–Crippen MR) is 93.6 cm³/mol. The average Bonchev–Trinajstić information content (AvgIpc) is 2.62. The zero-order chi connectivity index (χ0) is 17.9. The quantitative estimate of drug-likeness (QED) is 0.823. The van der Waals surface area contributed by atoms with Gasteiger partial charge in [-0.05, 0) is 31.0 Å². The maximum atomic E-state index is 13.0. The number of ether oxygens (including phenoxy) is 1. The minimum Gasteiger partial charge on any atom is -0.478 e. The third-order valence-electron chi connectivity index (χ3n) is 4.78. The van der Waals surface area contributed by atoms with Crippen LogP contribution in [0.5, 0.6) is 0 Å². The summed E-state index contributed by atoms with van der Waals surface area (Å²) in [7, 11) is -3.79. The number of sulfonamides is 1. The smallest absolute Gasteiger partial charge is 0.335 e. The molecular weight excluding hydrogens is 344 g/mol. The molecule has 1 heterocycles.